The molecule has 0 saturated heterocycles. The van der Waals surface area contributed by atoms with Crippen molar-refractivity contribution in [2.45, 2.75) is 25.7 Å². The summed E-state index contributed by atoms with van der Waals surface area (Å²) in [6.45, 7) is 0. The summed E-state index contributed by atoms with van der Waals surface area (Å²) in [4.78, 5) is 4.41. The number of hydrogen-bond acceptors (Lipinski definition) is 2. The Labute approximate surface area is 82.5 Å². The van der Waals surface area contributed by atoms with Crippen LogP contribution in [0.2, 0.25) is 0 Å². The van der Waals surface area contributed by atoms with Crippen LogP contribution in [0, 0.1) is 5.92 Å². The summed E-state index contributed by atoms with van der Waals surface area (Å²) in [5.74, 6) is 1.37. The minimum absolute atomic E-state index is 0.542. The molecule has 1 heterocycles. The molecule has 13 heavy (non-hydrogen) atoms. The average molecular weight is 194 g/mol. The van der Waals surface area contributed by atoms with Crippen LogP contribution in [0.15, 0.2) is 21.8 Å². The van der Waals surface area contributed by atoms with Gasteiger partial charge in [0, 0.05) is 11.3 Å². The van der Waals surface area contributed by atoms with E-state index in [1.54, 1.807) is 11.3 Å². The number of hydrogen-bond donors (Lipinski definition) is 1. The van der Waals surface area contributed by atoms with Crippen molar-refractivity contribution in [1.29, 1.82) is 0 Å². The topological polar surface area (TPSA) is 38.4 Å². The molecule has 0 aliphatic heterocycles. The zero-order valence-electron chi connectivity index (χ0n) is 7.57. The van der Waals surface area contributed by atoms with Crippen LogP contribution in [0.4, 0.5) is 5.69 Å². The Morgan fingerprint density at radius 1 is 1.46 bits per heavy atom. The van der Waals surface area contributed by atoms with E-state index in [1.165, 1.54) is 25.7 Å². The first-order valence-electron chi connectivity index (χ1n) is 4.72. The minimum Gasteiger partial charge on any atom is -0.387 e. The highest BCUT2D eigenvalue weighted by molar-refractivity contribution is 7.08. The van der Waals surface area contributed by atoms with Crippen LogP contribution >= 0.6 is 11.3 Å². The smallest absolute Gasteiger partial charge is 0.103 e. The summed E-state index contributed by atoms with van der Waals surface area (Å²) in [6.07, 6.45) is 5.06. The Morgan fingerprint density at radius 3 is 2.85 bits per heavy atom. The minimum atomic E-state index is 0.542. The normalized spacial score (nSPS) is 19.5. The van der Waals surface area contributed by atoms with Gasteiger partial charge < -0.3 is 5.73 Å². The molecule has 2 nitrogen and oxygen atoms in total. The zero-order chi connectivity index (χ0) is 9.10. The summed E-state index contributed by atoms with van der Waals surface area (Å²) < 4.78 is 0. The Kier molecular flexibility index (Phi) is 2.64. The Balaban J connectivity index is 2.07. The van der Waals surface area contributed by atoms with E-state index in [1.807, 2.05) is 16.8 Å². The third kappa shape index (κ3) is 2.10. The number of thiophene rings is 1. The van der Waals surface area contributed by atoms with Gasteiger partial charge in [0.15, 0.2) is 0 Å². The SMILES string of the molecule is NC(=Nc1ccsc1)C1CCCC1. The molecule has 1 aliphatic rings. The molecule has 0 atom stereocenters. The molecular weight excluding hydrogens is 180 g/mol. The van der Waals surface area contributed by atoms with Crippen molar-refractivity contribution in [3.63, 3.8) is 0 Å². The monoisotopic (exact) mass is 194 g/mol. The van der Waals surface area contributed by atoms with E-state index in [0.29, 0.717) is 5.92 Å². The van der Waals surface area contributed by atoms with Crippen LogP contribution in [0.3, 0.4) is 0 Å². The van der Waals surface area contributed by atoms with E-state index in [0.717, 1.165) is 11.5 Å². The number of amidine groups is 1. The standard InChI is InChI=1S/C10H14N2S/c11-10(8-3-1-2-4-8)12-9-5-6-13-7-9/h5-8H,1-4H2,(H2,11,12). The van der Waals surface area contributed by atoms with Crippen LogP contribution < -0.4 is 5.73 Å². The van der Waals surface area contributed by atoms with Crippen LogP contribution in [0.25, 0.3) is 0 Å². The van der Waals surface area contributed by atoms with Gasteiger partial charge in [0.1, 0.15) is 5.84 Å². The van der Waals surface area contributed by atoms with E-state index < -0.39 is 0 Å². The molecule has 1 aliphatic carbocycles. The Bertz CT molecular complexity index is 284. The second kappa shape index (κ2) is 3.92. The van der Waals surface area contributed by atoms with Gasteiger partial charge in [-0.2, -0.15) is 11.3 Å². The molecule has 0 spiro atoms. The zero-order valence-corrected chi connectivity index (χ0v) is 8.39. The van der Waals surface area contributed by atoms with E-state index in [4.69, 9.17) is 5.73 Å². The van der Waals surface area contributed by atoms with Gasteiger partial charge in [-0.25, -0.2) is 4.99 Å². The van der Waals surface area contributed by atoms with Crippen molar-refractivity contribution in [1.82, 2.24) is 0 Å². The third-order valence-electron chi connectivity index (χ3n) is 2.54. The summed E-state index contributed by atoms with van der Waals surface area (Å²) in [7, 11) is 0. The van der Waals surface area contributed by atoms with Crippen molar-refractivity contribution in [2.75, 3.05) is 0 Å². The molecule has 2 rings (SSSR count). The molecule has 70 valence electrons. The van der Waals surface area contributed by atoms with Gasteiger partial charge in [-0.1, -0.05) is 12.8 Å². The van der Waals surface area contributed by atoms with Crippen molar-refractivity contribution < 1.29 is 0 Å². The predicted molar refractivity (Wildman–Crippen MR) is 57.6 cm³/mol. The van der Waals surface area contributed by atoms with Gasteiger partial charge >= 0.3 is 0 Å². The summed E-state index contributed by atoms with van der Waals surface area (Å²) in [5.41, 5.74) is 6.93. The maximum atomic E-state index is 5.92. The third-order valence-corrected chi connectivity index (χ3v) is 3.21. The van der Waals surface area contributed by atoms with Gasteiger partial charge in [0.2, 0.25) is 0 Å². The largest absolute Gasteiger partial charge is 0.387 e. The van der Waals surface area contributed by atoms with E-state index in [-0.39, 0.29) is 0 Å². The van der Waals surface area contributed by atoms with Crippen molar-refractivity contribution in [3.8, 4) is 0 Å². The van der Waals surface area contributed by atoms with E-state index >= 15 is 0 Å². The van der Waals surface area contributed by atoms with Gasteiger partial charge in [-0.15, -0.1) is 0 Å². The maximum Gasteiger partial charge on any atom is 0.103 e. The number of aliphatic imine (C=N–C) groups is 1. The molecule has 0 unspecified atom stereocenters. The number of rotatable bonds is 2. The molecule has 1 saturated carbocycles. The summed E-state index contributed by atoms with van der Waals surface area (Å²) >= 11 is 1.66. The van der Waals surface area contributed by atoms with E-state index in [9.17, 15) is 0 Å². The van der Waals surface area contributed by atoms with Crippen molar-refractivity contribution in [2.24, 2.45) is 16.6 Å². The molecule has 0 bridgehead atoms. The lowest BCUT2D eigenvalue weighted by atomic mass is 10.1. The quantitative estimate of drug-likeness (QED) is 0.570. The molecule has 1 aromatic rings. The molecule has 0 radical (unpaired) electrons. The van der Waals surface area contributed by atoms with Crippen molar-refractivity contribution in [3.05, 3.63) is 16.8 Å². The molecule has 0 aromatic carbocycles. The van der Waals surface area contributed by atoms with Crippen LogP contribution in [0.5, 0.6) is 0 Å². The van der Waals surface area contributed by atoms with Gasteiger partial charge in [-0.05, 0) is 24.3 Å². The first-order valence-corrected chi connectivity index (χ1v) is 5.67. The first-order chi connectivity index (χ1) is 6.36. The predicted octanol–water partition coefficient (Wildman–Crippen LogP) is 2.93. The average Bonchev–Trinajstić information content (AvgIpc) is 2.74. The second-order valence-corrected chi connectivity index (χ2v) is 4.28. The van der Waals surface area contributed by atoms with Gasteiger partial charge in [-0.3, -0.25) is 0 Å². The molecule has 3 heteroatoms. The molecular formula is C10H14N2S. The van der Waals surface area contributed by atoms with Gasteiger partial charge in [0.25, 0.3) is 0 Å². The molecule has 2 N–H and O–H groups in total. The van der Waals surface area contributed by atoms with Crippen LogP contribution in [-0.4, -0.2) is 5.84 Å². The van der Waals surface area contributed by atoms with Crippen molar-refractivity contribution >= 4 is 22.9 Å². The lowest BCUT2D eigenvalue weighted by Gasteiger charge is -2.06. The summed E-state index contributed by atoms with van der Waals surface area (Å²) in [5, 5.41) is 4.06. The lowest BCUT2D eigenvalue weighted by Crippen LogP contribution is -2.20. The number of nitrogens with zero attached hydrogens (tertiary/aromatic N) is 1. The maximum absolute atomic E-state index is 5.92. The highest BCUT2D eigenvalue weighted by Crippen LogP contribution is 2.26. The fraction of sp³-hybridized carbons (Fsp3) is 0.500. The fourth-order valence-electron chi connectivity index (χ4n) is 1.78. The molecule has 1 fully saturated rings. The molecule has 1 aromatic heterocycles. The fourth-order valence-corrected chi connectivity index (χ4v) is 2.35. The first kappa shape index (κ1) is 8.75. The Hall–Kier alpha value is -0.830. The van der Waals surface area contributed by atoms with E-state index in [2.05, 4.69) is 4.99 Å². The number of nitrogens with two attached hydrogens (primary N) is 1. The Morgan fingerprint density at radius 2 is 2.23 bits per heavy atom. The highest BCUT2D eigenvalue weighted by atomic mass is 32.1. The second-order valence-electron chi connectivity index (χ2n) is 3.50. The summed E-state index contributed by atoms with van der Waals surface area (Å²) in [6, 6.07) is 2.01. The van der Waals surface area contributed by atoms with Crippen LogP contribution in [0.1, 0.15) is 25.7 Å². The van der Waals surface area contributed by atoms with Gasteiger partial charge in [0.05, 0.1) is 5.69 Å². The highest BCUT2D eigenvalue weighted by Gasteiger charge is 2.18. The molecule has 0 amide bonds. The lowest BCUT2D eigenvalue weighted by molar-refractivity contribution is 0.722. The van der Waals surface area contributed by atoms with Crippen LogP contribution in [-0.2, 0) is 0 Å².